The molecule has 3 rings (SSSR count). The molecule has 7 nitrogen and oxygen atoms in total. The first-order valence-electron chi connectivity index (χ1n) is 9.60. The highest BCUT2D eigenvalue weighted by Gasteiger charge is 2.17. The average Bonchev–Trinajstić information content (AvgIpc) is 3.39. The van der Waals surface area contributed by atoms with Gasteiger partial charge in [0.25, 0.3) is 0 Å². The molecular weight excluding hydrogens is 340 g/mol. The second-order valence-corrected chi connectivity index (χ2v) is 6.61. The van der Waals surface area contributed by atoms with E-state index in [9.17, 15) is 4.79 Å². The molecule has 0 radical (unpaired) electrons. The lowest BCUT2D eigenvalue weighted by Crippen LogP contribution is -2.44. The van der Waals surface area contributed by atoms with Gasteiger partial charge >= 0.3 is 0 Å². The van der Waals surface area contributed by atoms with Crippen LogP contribution in [0.2, 0.25) is 0 Å². The van der Waals surface area contributed by atoms with Crippen LogP contribution in [0.15, 0.2) is 47.7 Å². The van der Waals surface area contributed by atoms with Gasteiger partial charge in [-0.2, -0.15) is 5.10 Å². The minimum Gasteiger partial charge on any atom is -0.357 e. The lowest BCUT2D eigenvalue weighted by atomic mass is 10.1. The third kappa shape index (κ3) is 5.57. The van der Waals surface area contributed by atoms with E-state index < -0.39 is 0 Å². The molecule has 0 aliphatic carbocycles. The van der Waals surface area contributed by atoms with Gasteiger partial charge in [0.15, 0.2) is 5.96 Å². The molecule has 0 bridgehead atoms. The number of nitrogens with zero attached hydrogens (tertiary/aromatic N) is 4. The van der Waals surface area contributed by atoms with Crippen LogP contribution >= 0.6 is 0 Å². The minimum atomic E-state index is 0.136. The maximum Gasteiger partial charge on any atom is 0.241 e. The number of carbonyl (C=O) groups excluding carboxylic acids is 1. The predicted octanol–water partition coefficient (Wildman–Crippen LogP) is 1.61. The number of hydrogen-bond donors (Lipinski definition) is 2. The highest BCUT2D eigenvalue weighted by atomic mass is 16.2. The van der Waals surface area contributed by atoms with Crippen LogP contribution in [-0.4, -0.2) is 52.7 Å². The Labute approximate surface area is 160 Å². The molecule has 1 fully saturated rings. The quantitative estimate of drug-likeness (QED) is 0.575. The molecule has 144 valence electrons. The van der Waals surface area contributed by atoms with Crippen molar-refractivity contribution in [2.75, 3.05) is 26.2 Å². The van der Waals surface area contributed by atoms with Gasteiger partial charge in [0.05, 0.1) is 19.6 Å². The molecule has 2 N–H and O–H groups in total. The molecule has 0 spiro atoms. The van der Waals surface area contributed by atoms with Gasteiger partial charge in [0.2, 0.25) is 5.91 Å². The summed E-state index contributed by atoms with van der Waals surface area (Å²) in [6, 6.07) is 10.2. The number of hydrogen-bond acceptors (Lipinski definition) is 3. The van der Waals surface area contributed by atoms with E-state index in [0.717, 1.165) is 44.6 Å². The Bertz CT molecular complexity index is 750. The molecular formula is C20H28N6O. The van der Waals surface area contributed by atoms with Gasteiger partial charge in [-0.05, 0) is 37.0 Å². The van der Waals surface area contributed by atoms with Crippen LogP contribution in [0.4, 0.5) is 0 Å². The van der Waals surface area contributed by atoms with Gasteiger partial charge in [-0.1, -0.05) is 24.3 Å². The van der Waals surface area contributed by atoms with Crippen molar-refractivity contribution in [2.24, 2.45) is 4.99 Å². The van der Waals surface area contributed by atoms with Gasteiger partial charge < -0.3 is 15.5 Å². The van der Waals surface area contributed by atoms with Crippen molar-refractivity contribution < 1.29 is 4.79 Å². The summed E-state index contributed by atoms with van der Waals surface area (Å²) in [6.45, 7) is 6.05. The van der Waals surface area contributed by atoms with E-state index in [1.165, 1.54) is 5.56 Å². The Morgan fingerprint density at radius 2 is 1.93 bits per heavy atom. The van der Waals surface area contributed by atoms with Gasteiger partial charge in [-0.3, -0.25) is 9.48 Å². The van der Waals surface area contributed by atoms with Gasteiger partial charge in [0, 0.05) is 32.0 Å². The third-order valence-corrected chi connectivity index (χ3v) is 4.63. The first kappa shape index (κ1) is 18.9. The van der Waals surface area contributed by atoms with E-state index >= 15 is 0 Å². The Morgan fingerprint density at radius 3 is 2.63 bits per heavy atom. The van der Waals surface area contributed by atoms with Crippen LogP contribution in [-0.2, 0) is 17.9 Å². The molecule has 1 aliphatic rings. The summed E-state index contributed by atoms with van der Waals surface area (Å²) in [5, 5.41) is 10.7. The van der Waals surface area contributed by atoms with Gasteiger partial charge in [-0.25, -0.2) is 4.99 Å². The van der Waals surface area contributed by atoms with Crippen molar-refractivity contribution >= 4 is 11.9 Å². The summed E-state index contributed by atoms with van der Waals surface area (Å²) in [5.74, 6) is 0.802. The van der Waals surface area contributed by atoms with E-state index in [2.05, 4.69) is 32.9 Å². The second-order valence-electron chi connectivity index (χ2n) is 6.61. The Morgan fingerprint density at radius 1 is 1.15 bits per heavy atom. The average molecular weight is 368 g/mol. The number of nitrogens with one attached hydrogen (secondary N) is 2. The molecule has 1 aromatic carbocycles. The smallest absolute Gasteiger partial charge is 0.241 e. The predicted molar refractivity (Wildman–Crippen MR) is 106 cm³/mol. The SMILES string of the molecule is CCNC(=NCc1ccccc1Cn1cccn1)NCC(=O)N1CCCC1. The molecule has 1 saturated heterocycles. The first-order chi connectivity index (χ1) is 13.3. The minimum absolute atomic E-state index is 0.136. The summed E-state index contributed by atoms with van der Waals surface area (Å²) in [5.41, 5.74) is 2.34. The van der Waals surface area contributed by atoms with Crippen LogP contribution in [0.1, 0.15) is 30.9 Å². The molecule has 1 aromatic heterocycles. The number of likely N-dealkylation sites (tertiary alicyclic amines) is 1. The molecule has 2 aromatic rings. The summed E-state index contributed by atoms with van der Waals surface area (Å²) in [7, 11) is 0. The van der Waals surface area contributed by atoms with E-state index in [0.29, 0.717) is 12.5 Å². The van der Waals surface area contributed by atoms with Crippen LogP contribution in [0, 0.1) is 0 Å². The van der Waals surface area contributed by atoms with Crippen molar-refractivity contribution in [1.82, 2.24) is 25.3 Å². The van der Waals surface area contributed by atoms with E-state index in [1.54, 1.807) is 6.20 Å². The molecule has 27 heavy (non-hydrogen) atoms. The largest absolute Gasteiger partial charge is 0.357 e. The second kappa shape index (κ2) is 9.75. The topological polar surface area (TPSA) is 74.5 Å². The Kier molecular flexibility index (Phi) is 6.84. The summed E-state index contributed by atoms with van der Waals surface area (Å²) < 4.78 is 1.90. The van der Waals surface area contributed by atoms with E-state index in [-0.39, 0.29) is 12.5 Å². The fraction of sp³-hybridized carbons (Fsp3) is 0.450. The zero-order chi connectivity index (χ0) is 18.9. The van der Waals surface area contributed by atoms with E-state index in [1.807, 2.05) is 40.9 Å². The summed E-state index contributed by atoms with van der Waals surface area (Å²) in [6.07, 6.45) is 5.95. The summed E-state index contributed by atoms with van der Waals surface area (Å²) in [4.78, 5) is 18.8. The highest BCUT2D eigenvalue weighted by Crippen LogP contribution is 2.12. The standard InChI is InChI=1S/C20H28N6O/c1-2-21-20(23-15-19(27)25-11-5-6-12-25)22-14-17-8-3-4-9-18(17)16-26-13-7-10-24-26/h3-4,7-10,13H,2,5-6,11-12,14-16H2,1H3,(H2,21,22,23). The zero-order valence-corrected chi connectivity index (χ0v) is 15.9. The summed E-state index contributed by atoms with van der Waals surface area (Å²) >= 11 is 0. The molecule has 0 saturated carbocycles. The Hall–Kier alpha value is -2.83. The van der Waals surface area contributed by atoms with Crippen molar-refractivity contribution in [3.05, 3.63) is 53.9 Å². The van der Waals surface area contributed by atoms with E-state index in [4.69, 9.17) is 0 Å². The van der Waals surface area contributed by atoms with Crippen LogP contribution in [0.25, 0.3) is 0 Å². The van der Waals surface area contributed by atoms with Crippen LogP contribution in [0.3, 0.4) is 0 Å². The number of amides is 1. The molecule has 1 aliphatic heterocycles. The third-order valence-electron chi connectivity index (χ3n) is 4.63. The normalized spacial score (nSPS) is 14.4. The first-order valence-corrected chi connectivity index (χ1v) is 9.60. The lowest BCUT2D eigenvalue weighted by Gasteiger charge is -2.17. The molecule has 1 amide bonds. The molecule has 7 heteroatoms. The maximum absolute atomic E-state index is 12.2. The van der Waals surface area contributed by atoms with Crippen molar-refractivity contribution in [3.8, 4) is 0 Å². The van der Waals surface area contributed by atoms with Gasteiger partial charge in [-0.15, -0.1) is 0 Å². The van der Waals surface area contributed by atoms with Crippen molar-refractivity contribution in [1.29, 1.82) is 0 Å². The number of aliphatic imine (C=N–C) groups is 1. The number of aromatic nitrogens is 2. The molecule has 0 atom stereocenters. The fourth-order valence-electron chi connectivity index (χ4n) is 3.18. The zero-order valence-electron chi connectivity index (χ0n) is 15.9. The number of carbonyl (C=O) groups is 1. The van der Waals surface area contributed by atoms with Crippen LogP contribution in [0.5, 0.6) is 0 Å². The number of rotatable bonds is 7. The monoisotopic (exact) mass is 368 g/mol. The van der Waals surface area contributed by atoms with Gasteiger partial charge in [0.1, 0.15) is 0 Å². The van der Waals surface area contributed by atoms with Crippen molar-refractivity contribution in [3.63, 3.8) is 0 Å². The Balaban J connectivity index is 1.61. The molecule has 0 unspecified atom stereocenters. The fourth-order valence-corrected chi connectivity index (χ4v) is 3.18. The van der Waals surface area contributed by atoms with Crippen LogP contribution < -0.4 is 10.6 Å². The maximum atomic E-state index is 12.2. The lowest BCUT2D eigenvalue weighted by molar-refractivity contribution is -0.128. The highest BCUT2D eigenvalue weighted by molar-refractivity contribution is 5.86. The number of guanidine groups is 1. The van der Waals surface area contributed by atoms with Crippen molar-refractivity contribution in [2.45, 2.75) is 32.9 Å². The number of benzene rings is 1. The molecule has 2 heterocycles.